The maximum absolute atomic E-state index is 10.6. The summed E-state index contributed by atoms with van der Waals surface area (Å²) >= 11 is 0. The van der Waals surface area contributed by atoms with Crippen LogP contribution in [0.3, 0.4) is 0 Å². The van der Waals surface area contributed by atoms with E-state index in [4.69, 9.17) is 4.74 Å². The lowest BCUT2D eigenvalue weighted by molar-refractivity contribution is -0.208. The van der Waals surface area contributed by atoms with Gasteiger partial charge in [-0.15, -0.1) is 0 Å². The Balaban J connectivity index is 1.81. The third-order valence-electron chi connectivity index (χ3n) is 4.97. The Labute approximate surface area is 104 Å². The molecule has 0 radical (unpaired) electrons. The summed E-state index contributed by atoms with van der Waals surface area (Å²) in [5.74, 6) is 2.63. The lowest BCUT2D eigenvalue weighted by Crippen LogP contribution is -2.59. The van der Waals surface area contributed by atoms with E-state index in [0.29, 0.717) is 17.8 Å². The van der Waals surface area contributed by atoms with Gasteiger partial charge in [0.2, 0.25) is 0 Å². The molecule has 0 spiro atoms. The second kappa shape index (κ2) is 3.50. The highest BCUT2D eigenvalue weighted by molar-refractivity contribution is 5.11. The molecule has 0 amide bonds. The first kappa shape index (κ1) is 11.6. The van der Waals surface area contributed by atoms with Crippen molar-refractivity contribution in [2.75, 3.05) is 0 Å². The topological polar surface area (TPSA) is 29.5 Å². The standard InChI is InChI=1S/C15H24O2/c1-10(2)11(3)17-15-7-12-4-13(8-15)6-14(16,5-12)9-15/h10,12-13,16H,3-9H2,1-2H3. The first-order valence-corrected chi connectivity index (χ1v) is 7.00. The zero-order valence-corrected chi connectivity index (χ0v) is 11.0. The lowest BCUT2D eigenvalue weighted by atomic mass is 9.52. The van der Waals surface area contributed by atoms with Gasteiger partial charge in [-0.3, -0.25) is 0 Å². The Hall–Kier alpha value is -0.500. The van der Waals surface area contributed by atoms with E-state index in [1.807, 2.05) is 0 Å². The van der Waals surface area contributed by atoms with Crippen molar-refractivity contribution in [3.63, 3.8) is 0 Å². The summed E-state index contributed by atoms with van der Waals surface area (Å²) in [5, 5.41) is 10.6. The van der Waals surface area contributed by atoms with Crippen LogP contribution >= 0.6 is 0 Å². The Morgan fingerprint density at radius 1 is 1.24 bits per heavy atom. The fourth-order valence-corrected chi connectivity index (χ4v) is 4.65. The van der Waals surface area contributed by atoms with E-state index < -0.39 is 5.60 Å². The van der Waals surface area contributed by atoms with Gasteiger partial charge in [0.1, 0.15) is 5.60 Å². The van der Waals surface area contributed by atoms with Gasteiger partial charge in [-0.05, 0) is 43.9 Å². The molecule has 4 saturated carbocycles. The maximum atomic E-state index is 10.6. The molecule has 4 bridgehead atoms. The van der Waals surface area contributed by atoms with Crippen molar-refractivity contribution in [2.24, 2.45) is 17.8 Å². The van der Waals surface area contributed by atoms with Crippen LogP contribution in [-0.4, -0.2) is 16.3 Å². The molecule has 4 rings (SSSR count). The van der Waals surface area contributed by atoms with E-state index in [-0.39, 0.29) is 5.60 Å². The highest BCUT2D eigenvalue weighted by atomic mass is 16.5. The maximum Gasteiger partial charge on any atom is 0.112 e. The van der Waals surface area contributed by atoms with Crippen LogP contribution in [0.25, 0.3) is 0 Å². The molecule has 2 heteroatoms. The molecule has 0 saturated heterocycles. The van der Waals surface area contributed by atoms with Crippen LogP contribution in [0.5, 0.6) is 0 Å². The van der Waals surface area contributed by atoms with Crippen molar-refractivity contribution in [3.8, 4) is 0 Å². The van der Waals surface area contributed by atoms with Crippen LogP contribution in [-0.2, 0) is 4.74 Å². The molecule has 4 fully saturated rings. The summed E-state index contributed by atoms with van der Waals surface area (Å²) in [6.07, 6.45) is 6.42. The van der Waals surface area contributed by atoms with Crippen molar-refractivity contribution in [1.82, 2.24) is 0 Å². The van der Waals surface area contributed by atoms with Gasteiger partial charge in [-0.1, -0.05) is 20.4 Å². The largest absolute Gasteiger partial charge is 0.492 e. The zero-order valence-electron chi connectivity index (χ0n) is 11.0. The molecular formula is C15H24O2. The first-order valence-electron chi connectivity index (χ1n) is 7.00. The summed E-state index contributed by atoms with van der Waals surface area (Å²) < 4.78 is 6.22. The predicted octanol–water partition coefficient (Wildman–Crippen LogP) is 3.26. The molecule has 0 aromatic rings. The van der Waals surface area contributed by atoms with Gasteiger partial charge in [0.05, 0.1) is 11.4 Å². The summed E-state index contributed by atoms with van der Waals surface area (Å²) in [6.45, 7) is 8.29. The monoisotopic (exact) mass is 236 g/mol. The normalized spacial score (nSPS) is 47.5. The molecule has 0 aromatic carbocycles. The van der Waals surface area contributed by atoms with E-state index >= 15 is 0 Å². The zero-order chi connectivity index (χ0) is 12.3. The van der Waals surface area contributed by atoms with E-state index in [1.165, 1.54) is 6.42 Å². The third-order valence-corrected chi connectivity index (χ3v) is 4.97. The fraction of sp³-hybridized carbons (Fsp3) is 0.867. The fourth-order valence-electron chi connectivity index (χ4n) is 4.65. The van der Waals surface area contributed by atoms with Crippen molar-refractivity contribution in [3.05, 3.63) is 12.3 Å². The van der Waals surface area contributed by atoms with Gasteiger partial charge in [0.25, 0.3) is 0 Å². The van der Waals surface area contributed by atoms with E-state index in [9.17, 15) is 5.11 Å². The molecule has 0 aliphatic heterocycles. The molecule has 0 aromatic heterocycles. The van der Waals surface area contributed by atoms with Crippen LogP contribution in [0.15, 0.2) is 12.3 Å². The minimum atomic E-state index is -0.429. The highest BCUT2D eigenvalue weighted by Gasteiger charge is 2.58. The summed E-state index contributed by atoms with van der Waals surface area (Å²) in [6, 6.07) is 0. The summed E-state index contributed by atoms with van der Waals surface area (Å²) in [4.78, 5) is 0. The summed E-state index contributed by atoms with van der Waals surface area (Å²) in [5.41, 5.74) is -0.512. The number of hydrogen-bond donors (Lipinski definition) is 1. The lowest BCUT2D eigenvalue weighted by Gasteiger charge is -2.59. The first-order chi connectivity index (χ1) is 7.90. The third kappa shape index (κ3) is 1.91. The van der Waals surface area contributed by atoms with E-state index in [1.54, 1.807) is 0 Å². The minimum Gasteiger partial charge on any atom is -0.492 e. The Kier molecular flexibility index (Phi) is 2.39. The summed E-state index contributed by atoms with van der Waals surface area (Å²) in [7, 11) is 0. The number of rotatable bonds is 3. The predicted molar refractivity (Wildman–Crippen MR) is 67.4 cm³/mol. The average molecular weight is 236 g/mol. The van der Waals surface area contributed by atoms with Gasteiger partial charge in [0.15, 0.2) is 0 Å². The van der Waals surface area contributed by atoms with Crippen LogP contribution in [0.2, 0.25) is 0 Å². The molecule has 2 atom stereocenters. The molecule has 1 N–H and O–H groups in total. The highest BCUT2D eigenvalue weighted by Crippen LogP contribution is 2.59. The van der Waals surface area contributed by atoms with E-state index in [2.05, 4.69) is 20.4 Å². The molecule has 4 aliphatic carbocycles. The number of aliphatic hydroxyl groups is 1. The van der Waals surface area contributed by atoms with Crippen molar-refractivity contribution in [1.29, 1.82) is 0 Å². The van der Waals surface area contributed by atoms with Crippen LogP contribution in [0, 0.1) is 17.8 Å². The van der Waals surface area contributed by atoms with Crippen molar-refractivity contribution >= 4 is 0 Å². The van der Waals surface area contributed by atoms with Crippen LogP contribution < -0.4 is 0 Å². The van der Waals surface area contributed by atoms with Gasteiger partial charge < -0.3 is 9.84 Å². The smallest absolute Gasteiger partial charge is 0.112 e. The second-order valence-electron chi connectivity index (χ2n) is 7.09. The number of ether oxygens (including phenoxy) is 1. The van der Waals surface area contributed by atoms with Gasteiger partial charge in [-0.25, -0.2) is 0 Å². The Morgan fingerprint density at radius 2 is 1.82 bits per heavy atom. The average Bonchev–Trinajstić information content (AvgIpc) is 2.11. The van der Waals surface area contributed by atoms with Crippen molar-refractivity contribution in [2.45, 2.75) is 63.6 Å². The molecule has 96 valence electrons. The molecule has 4 aliphatic rings. The SMILES string of the molecule is C=C(OC12CC3CC(CC(O)(C3)C1)C2)C(C)C. The molecule has 0 heterocycles. The van der Waals surface area contributed by atoms with Gasteiger partial charge in [-0.2, -0.15) is 0 Å². The number of allylic oxidation sites excluding steroid dienone is 1. The Morgan fingerprint density at radius 3 is 2.29 bits per heavy atom. The Bertz CT molecular complexity index is 331. The van der Waals surface area contributed by atoms with Crippen LogP contribution in [0.1, 0.15) is 52.4 Å². The molecular weight excluding hydrogens is 212 g/mol. The molecule has 2 nitrogen and oxygen atoms in total. The number of hydrogen-bond acceptors (Lipinski definition) is 2. The molecule has 17 heavy (non-hydrogen) atoms. The van der Waals surface area contributed by atoms with Gasteiger partial charge in [0, 0.05) is 12.3 Å². The molecule has 2 unspecified atom stereocenters. The van der Waals surface area contributed by atoms with E-state index in [0.717, 1.165) is 37.9 Å². The van der Waals surface area contributed by atoms with Crippen LogP contribution in [0.4, 0.5) is 0 Å². The quantitative estimate of drug-likeness (QED) is 0.762. The van der Waals surface area contributed by atoms with Gasteiger partial charge >= 0.3 is 0 Å². The minimum absolute atomic E-state index is 0.0831. The second-order valence-corrected chi connectivity index (χ2v) is 7.09. The van der Waals surface area contributed by atoms with Crippen molar-refractivity contribution < 1.29 is 9.84 Å².